The lowest BCUT2D eigenvalue weighted by Gasteiger charge is -2.18. The molecule has 0 aliphatic carbocycles. The van der Waals surface area contributed by atoms with Crippen LogP contribution in [0.2, 0.25) is 0 Å². The highest BCUT2D eigenvalue weighted by Crippen LogP contribution is 2.31. The summed E-state index contributed by atoms with van der Waals surface area (Å²) < 4.78 is 25.9. The Morgan fingerprint density at radius 2 is 1.76 bits per heavy atom. The number of sulfonamides is 1. The van der Waals surface area contributed by atoms with Crippen LogP contribution in [0.4, 0.5) is 11.4 Å². The monoisotopic (exact) mass is 388 g/mol. The van der Waals surface area contributed by atoms with Crippen molar-refractivity contribution in [2.24, 2.45) is 4.99 Å². The van der Waals surface area contributed by atoms with Gasteiger partial charge in [0, 0.05) is 0 Å². The van der Waals surface area contributed by atoms with E-state index in [-0.39, 0.29) is 15.4 Å². The summed E-state index contributed by atoms with van der Waals surface area (Å²) in [6, 6.07) is 17.5. The molecule has 1 heterocycles. The van der Waals surface area contributed by atoms with Gasteiger partial charge in [0.15, 0.2) is 11.4 Å². The van der Waals surface area contributed by atoms with Crippen molar-refractivity contribution < 1.29 is 8.42 Å². The summed E-state index contributed by atoms with van der Waals surface area (Å²) >= 11 is 6.32. The zero-order valence-electron chi connectivity index (χ0n) is 12.8. The van der Waals surface area contributed by atoms with E-state index < -0.39 is 10.0 Å². The van der Waals surface area contributed by atoms with Crippen molar-refractivity contribution in [2.45, 2.75) is 0 Å². The first-order valence-electron chi connectivity index (χ1n) is 7.11. The molecule has 0 saturated carbocycles. The molecule has 2 aromatic carbocycles. The van der Waals surface area contributed by atoms with Gasteiger partial charge < -0.3 is 0 Å². The topological polar surface area (TPSA) is 76.8 Å². The van der Waals surface area contributed by atoms with Crippen LogP contribution in [-0.2, 0) is 10.0 Å². The van der Waals surface area contributed by atoms with E-state index >= 15 is 0 Å². The van der Waals surface area contributed by atoms with E-state index in [1.54, 1.807) is 54.6 Å². The molecule has 0 radical (unpaired) electrons. The quantitative estimate of drug-likeness (QED) is 0.447. The van der Waals surface area contributed by atoms with Crippen LogP contribution in [0.1, 0.15) is 0 Å². The zero-order chi connectivity index (χ0) is 17.9. The highest BCUT2D eigenvalue weighted by molar-refractivity contribution is 8.27. The molecular weight excluding hydrogens is 376 g/mol. The largest absolute Gasteiger partial charge is 0.250 e. The van der Waals surface area contributed by atoms with Crippen LogP contribution in [0.15, 0.2) is 65.7 Å². The second-order valence-electron chi connectivity index (χ2n) is 4.92. The summed E-state index contributed by atoms with van der Waals surface area (Å²) in [6.07, 6.45) is 1.98. The van der Waals surface area contributed by atoms with Crippen molar-refractivity contribution >= 4 is 55.7 Å². The van der Waals surface area contributed by atoms with Crippen molar-refractivity contribution in [1.29, 1.82) is 5.26 Å². The number of amidine groups is 1. The molecule has 25 heavy (non-hydrogen) atoms. The summed E-state index contributed by atoms with van der Waals surface area (Å²) in [5.74, 6) is 0. The molecule has 0 unspecified atom stereocenters. The Kier molecular flexibility index (Phi) is 5.03. The Balaban J connectivity index is 1.97. The SMILES string of the molecule is N#CN(C(=S)/N=C1\SCS(=O)(=O)N1c1ccccc1)c1ccccc1. The van der Waals surface area contributed by atoms with Gasteiger partial charge in [-0.2, -0.15) is 10.3 Å². The molecule has 2 aromatic rings. The van der Waals surface area contributed by atoms with Crippen LogP contribution in [0.5, 0.6) is 0 Å². The van der Waals surface area contributed by atoms with Crippen LogP contribution in [-0.4, -0.2) is 23.8 Å². The lowest BCUT2D eigenvalue weighted by Crippen LogP contribution is -2.31. The number of aliphatic imine (C=N–C) groups is 1. The molecule has 0 spiro atoms. The van der Waals surface area contributed by atoms with Gasteiger partial charge in [0.2, 0.25) is 5.11 Å². The minimum Gasteiger partial charge on any atom is -0.221 e. The molecule has 1 fully saturated rings. The number of hydrogen-bond acceptors (Lipinski definition) is 5. The minimum atomic E-state index is -3.53. The molecule has 1 aliphatic heterocycles. The van der Waals surface area contributed by atoms with Gasteiger partial charge in [-0.15, -0.1) is 0 Å². The average molecular weight is 388 g/mol. The van der Waals surface area contributed by atoms with Crippen LogP contribution in [0, 0.1) is 11.5 Å². The van der Waals surface area contributed by atoms with Gasteiger partial charge in [0.1, 0.15) is 5.08 Å². The zero-order valence-corrected chi connectivity index (χ0v) is 15.3. The fourth-order valence-corrected chi connectivity index (χ4v) is 5.51. The van der Waals surface area contributed by atoms with E-state index in [0.717, 1.165) is 16.1 Å². The summed E-state index contributed by atoms with van der Waals surface area (Å²) in [7, 11) is -3.53. The van der Waals surface area contributed by atoms with Gasteiger partial charge in [0.05, 0.1) is 11.4 Å². The van der Waals surface area contributed by atoms with Crippen molar-refractivity contribution in [3.8, 4) is 6.19 Å². The fraction of sp³-hybridized carbons (Fsp3) is 0.0625. The summed E-state index contributed by atoms with van der Waals surface area (Å²) in [4.78, 5) is 5.42. The molecule has 0 N–H and O–H groups in total. The van der Waals surface area contributed by atoms with E-state index in [1.807, 2.05) is 12.3 Å². The van der Waals surface area contributed by atoms with E-state index in [0.29, 0.717) is 11.4 Å². The minimum absolute atomic E-state index is 0.0192. The second kappa shape index (κ2) is 7.23. The van der Waals surface area contributed by atoms with E-state index in [2.05, 4.69) is 4.99 Å². The Labute approximate surface area is 155 Å². The molecule has 0 bridgehead atoms. The number of anilines is 2. The summed E-state index contributed by atoms with van der Waals surface area (Å²) in [6.45, 7) is 0. The van der Waals surface area contributed by atoms with E-state index in [1.165, 1.54) is 4.90 Å². The van der Waals surface area contributed by atoms with E-state index in [9.17, 15) is 13.7 Å². The first-order valence-corrected chi connectivity index (χ1v) is 10.1. The molecular formula is C16H12N4O2S3. The highest BCUT2D eigenvalue weighted by atomic mass is 32.3. The number of nitriles is 1. The molecule has 6 nitrogen and oxygen atoms in total. The first-order chi connectivity index (χ1) is 12.0. The Morgan fingerprint density at radius 3 is 2.36 bits per heavy atom. The molecule has 0 amide bonds. The predicted octanol–water partition coefficient (Wildman–Crippen LogP) is 3.16. The molecule has 126 valence electrons. The molecule has 1 saturated heterocycles. The molecule has 0 aromatic heterocycles. The van der Waals surface area contributed by atoms with Crippen LogP contribution < -0.4 is 9.21 Å². The Bertz CT molecular complexity index is 954. The van der Waals surface area contributed by atoms with Crippen molar-refractivity contribution in [3.63, 3.8) is 0 Å². The van der Waals surface area contributed by atoms with Crippen molar-refractivity contribution in [3.05, 3.63) is 60.7 Å². The lowest BCUT2D eigenvalue weighted by atomic mass is 10.3. The molecule has 0 atom stereocenters. The smallest absolute Gasteiger partial charge is 0.221 e. The third kappa shape index (κ3) is 3.66. The van der Waals surface area contributed by atoms with Gasteiger partial charge >= 0.3 is 0 Å². The molecule has 3 rings (SSSR count). The lowest BCUT2D eigenvalue weighted by molar-refractivity contribution is 0.602. The number of benzene rings is 2. The van der Waals surface area contributed by atoms with Gasteiger partial charge in [-0.25, -0.2) is 17.6 Å². The fourth-order valence-electron chi connectivity index (χ4n) is 2.19. The normalized spacial score (nSPS) is 17.2. The van der Waals surface area contributed by atoms with Gasteiger partial charge in [-0.05, 0) is 36.5 Å². The van der Waals surface area contributed by atoms with E-state index in [4.69, 9.17) is 12.2 Å². The number of para-hydroxylation sites is 2. The molecule has 1 aliphatic rings. The number of thioether (sulfide) groups is 1. The highest BCUT2D eigenvalue weighted by Gasteiger charge is 2.36. The van der Waals surface area contributed by atoms with Crippen molar-refractivity contribution in [1.82, 2.24) is 0 Å². The van der Waals surface area contributed by atoms with Gasteiger partial charge in [-0.1, -0.05) is 48.2 Å². The number of nitrogens with zero attached hydrogens (tertiary/aromatic N) is 4. The third-order valence-corrected chi connectivity index (χ3v) is 6.80. The van der Waals surface area contributed by atoms with Crippen LogP contribution in [0.25, 0.3) is 0 Å². The predicted molar refractivity (Wildman–Crippen MR) is 105 cm³/mol. The standard InChI is InChI=1S/C16H12N4O2S3/c17-11-19(13-7-3-1-4-8-13)15(23)18-16-20(25(21,22)12-24-16)14-9-5-2-6-10-14/h1-10H,12H2/b18-16-. The van der Waals surface area contributed by atoms with Gasteiger partial charge in [0.25, 0.3) is 10.0 Å². The number of hydrogen-bond donors (Lipinski definition) is 0. The first kappa shape index (κ1) is 17.4. The maximum absolute atomic E-state index is 12.4. The van der Waals surface area contributed by atoms with Crippen LogP contribution >= 0.6 is 24.0 Å². The van der Waals surface area contributed by atoms with Gasteiger partial charge in [-0.3, -0.25) is 0 Å². The summed E-state index contributed by atoms with van der Waals surface area (Å²) in [5.41, 5.74) is 1.05. The average Bonchev–Trinajstić information content (AvgIpc) is 2.91. The second-order valence-corrected chi connectivity index (χ2v) is 8.41. The maximum atomic E-state index is 12.4. The summed E-state index contributed by atoms with van der Waals surface area (Å²) in [5, 5.41) is 9.48. The maximum Gasteiger partial charge on any atom is 0.250 e. The van der Waals surface area contributed by atoms with Crippen molar-refractivity contribution in [2.75, 3.05) is 14.3 Å². The Hall–Kier alpha value is -2.41. The van der Waals surface area contributed by atoms with Crippen LogP contribution in [0.3, 0.4) is 0 Å². The Morgan fingerprint density at radius 1 is 1.16 bits per heavy atom. The number of rotatable bonds is 2. The molecule has 9 heteroatoms. The third-order valence-electron chi connectivity index (χ3n) is 3.28. The number of thiocarbonyl (C=S) groups is 1.